The third kappa shape index (κ3) is 1.85. The average molecular weight is 216 g/mol. The van der Waals surface area contributed by atoms with Crippen LogP contribution in [-0.4, -0.2) is 10.1 Å². The molecule has 0 fully saturated rings. The number of nitrogens with zero attached hydrogens (tertiary/aromatic N) is 2. The summed E-state index contributed by atoms with van der Waals surface area (Å²) < 4.78 is 5.23. The largest absolute Gasteiger partial charge is 0.339 e. The lowest BCUT2D eigenvalue weighted by Gasteiger charge is -2.04. The van der Waals surface area contributed by atoms with Crippen LogP contribution < -0.4 is 0 Å². The van der Waals surface area contributed by atoms with E-state index in [4.69, 9.17) is 4.52 Å². The van der Waals surface area contributed by atoms with Crippen molar-refractivity contribution in [3.8, 4) is 11.4 Å². The van der Waals surface area contributed by atoms with Gasteiger partial charge in [-0.1, -0.05) is 37.2 Å². The molecule has 84 valence electrons. The molecule has 1 heterocycles. The molecule has 0 aliphatic heterocycles. The molecule has 16 heavy (non-hydrogen) atoms. The summed E-state index contributed by atoms with van der Waals surface area (Å²) in [6, 6.07) is 6.17. The Bertz CT molecular complexity index is 480. The molecule has 0 unspecified atom stereocenters. The molecule has 3 heteroatoms. The molecule has 0 atom stereocenters. The Labute approximate surface area is 95.5 Å². The zero-order valence-corrected chi connectivity index (χ0v) is 10.1. The molecule has 0 saturated heterocycles. The van der Waals surface area contributed by atoms with Gasteiger partial charge in [0.1, 0.15) is 0 Å². The lowest BCUT2D eigenvalue weighted by atomic mass is 10.0. The summed E-state index contributed by atoms with van der Waals surface area (Å²) in [5.74, 6) is 1.66. The number of hydrogen-bond donors (Lipinski definition) is 0. The number of benzene rings is 1. The first-order valence-electron chi connectivity index (χ1n) is 5.49. The predicted molar refractivity (Wildman–Crippen MR) is 63.3 cm³/mol. The first-order valence-corrected chi connectivity index (χ1v) is 5.49. The Balaban J connectivity index is 2.50. The Kier molecular flexibility index (Phi) is 2.77. The van der Waals surface area contributed by atoms with E-state index in [9.17, 15) is 0 Å². The van der Waals surface area contributed by atoms with Gasteiger partial charge in [-0.25, -0.2) is 0 Å². The Morgan fingerprint density at radius 2 is 1.75 bits per heavy atom. The van der Waals surface area contributed by atoms with Crippen LogP contribution in [0.25, 0.3) is 11.4 Å². The summed E-state index contributed by atoms with van der Waals surface area (Å²) in [5.41, 5.74) is 3.44. The van der Waals surface area contributed by atoms with Crippen LogP contribution in [0.15, 0.2) is 22.7 Å². The highest BCUT2D eigenvalue weighted by molar-refractivity contribution is 5.63. The molecule has 1 aromatic heterocycles. The van der Waals surface area contributed by atoms with Crippen molar-refractivity contribution >= 4 is 0 Å². The van der Waals surface area contributed by atoms with E-state index < -0.39 is 0 Å². The maximum atomic E-state index is 5.23. The highest BCUT2D eigenvalue weighted by Gasteiger charge is 2.14. The van der Waals surface area contributed by atoms with E-state index in [-0.39, 0.29) is 5.92 Å². The molecule has 0 bridgehead atoms. The minimum absolute atomic E-state index is 0.269. The number of aromatic nitrogens is 2. The third-order valence-electron chi connectivity index (χ3n) is 2.64. The number of aryl methyl sites for hydroxylation is 2. The maximum absolute atomic E-state index is 5.23. The van der Waals surface area contributed by atoms with Crippen molar-refractivity contribution in [2.45, 2.75) is 33.6 Å². The van der Waals surface area contributed by atoms with Crippen molar-refractivity contribution in [1.29, 1.82) is 0 Å². The standard InChI is InChI=1S/C13H16N2O/c1-8(2)13-14-12(15-16-13)11-9(3)6-5-7-10(11)4/h5-8H,1-4H3. The Hall–Kier alpha value is -1.64. The quantitative estimate of drug-likeness (QED) is 0.771. The molecule has 2 aromatic rings. The van der Waals surface area contributed by atoms with Crippen LogP contribution in [-0.2, 0) is 0 Å². The summed E-state index contributed by atoms with van der Waals surface area (Å²) in [4.78, 5) is 4.42. The smallest absolute Gasteiger partial charge is 0.229 e. The van der Waals surface area contributed by atoms with E-state index in [1.165, 1.54) is 11.1 Å². The molecule has 0 N–H and O–H groups in total. The normalized spacial score (nSPS) is 11.1. The van der Waals surface area contributed by atoms with Crippen molar-refractivity contribution in [2.24, 2.45) is 0 Å². The Morgan fingerprint density at radius 1 is 1.12 bits per heavy atom. The highest BCUT2D eigenvalue weighted by atomic mass is 16.5. The second kappa shape index (κ2) is 4.08. The third-order valence-corrected chi connectivity index (χ3v) is 2.64. The van der Waals surface area contributed by atoms with E-state index >= 15 is 0 Å². The fourth-order valence-electron chi connectivity index (χ4n) is 1.74. The summed E-state index contributed by atoms with van der Waals surface area (Å²) in [5, 5.41) is 4.04. The van der Waals surface area contributed by atoms with E-state index in [0.717, 1.165) is 5.56 Å². The van der Waals surface area contributed by atoms with Gasteiger partial charge in [-0.2, -0.15) is 4.98 Å². The van der Waals surface area contributed by atoms with Gasteiger partial charge in [-0.05, 0) is 25.0 Å². The molecule has 2 rings (SSSR count). The van der Waals surface area contributed by atoms with Crippen LogP contribution in [0, 0.1) is 13.8 Å². The van der Waals surface area contributed by atoms with Crippen LogP contribution in [0.5, 0.6) is 0 Å². The second-order valence-electron chi connectivity index (χ2n) is 4.38. The van der Waals surface area contributed by atoms with Gasteiger partial charge in [0.25, 0.3) is 0 Å². The minimum atomic E-state index is 0.269. The molecular weight excluding hydrogens is 200 g/mol. The first-order chi connectivity index (χ1) is 7.59. The second-order valence-corrected chi connectivity index (χ2v) is 4.38. The summed E-state index contributed by atoms with van der Waals surface area (Å²) in [6.07, 6.45) is 0. The van der Waals surface area contributed by atoms with Gasteiger partial charge in [-0.15, -0.1) is 0 Å². The Morgan fingerprint density at radius 3 is 2.25 bits per heavy atom. The van der Waals surface area contributed by atoms with Gasteiger partial charge in [0, 0.05) is 11.5 Å². The molecule has 0 radical (unpaired) electrons. The van der Waals surface area contributed by atoms with Gasteiger partial charge in [0.05, 0.1) is 0 Å². The van der Waals surface area contributed by atoms with Gasteiger partial charge < -0.3 is 4.52 Å². The molecule has 0 aliphatic rings. The summed E-state index contributed by atoms with van der Waals surface area (Å²) in [7, 11) is 0. The van der Waals surface area contributed by atoms with Crippen molar-refractivity contribution < 1.29 is 4.52 Å². The lowest BCUT2D eigenvalue weighted by Crippen LogP contribution is -1.91. The topological polar surface area (TPSA) is 38.9 Å². The highest BCUT2D eigenvalue weighted by Crippen LogP contribution is 2.25. The van der Waals surface area contributed by atoms with Crippen molar-refractivity contribution in [3.05, 3.63) is 35.2 Å². The SMILES string of the molecule is Cc1cccc(C)c1-c1noc(C(C)C)n1. The van der Waals surface area contributed by atoms with Crippen LogP contribution in [0.3, 0.4) is 0 Å². The van der Waals surface area contributed by atoms with Crippen LogP contribution >= 0.6 is 0 Å². The van der Waals surface area contributed by atoms with Crippen molar-refractivity contribution in [1.82, 2.24) is 10.1 Å². The van der Waals surface area contributed by atoms with Gasteiger partial charge in [0.15, 0.2) is 0 Å². The van der Waals surface area contributed by atoms with Crippen molar-refractivity contribution in [2.75, 3.05) is 0 Å². The first kappa shape index (κ1) is 10.9. The molecule has 0 saturated carbocycles. The molecule has 3 nitrogen and oxygen atoms in total. The monoisotopic (exact) mass is 216 g/mol. The van der Waals surface area contributed by atoms with Crippen LogP contribution in [0.4, 0.5) is 0 Å². The molecule has 0 aliphatic carbocycles. The zero-order chi connectivity index (χ0) is 11.7. The van der Waals surface area contributed by atoms with Crippen LogP contribution in [0.2, 0.25) is 0 Å². The molecule has 0 amide bonds. The summed E-state index contributed by atoms with van der Waals surface area (Å²) in [6.45, 7) is 8.21. The lowest BCUT2D eigenvalue weighted by molar-refractivity contribution is 0.365. The van der Waals surface area contributed by atoms with Crippen LogP contribution in [0.1, 0.15) is 36.8 Å². The van der Waals surface area contributed by atoms with E-state index in [1.54, 1.807) is 0 Å². The molecule has 0 spiro atoms. The van der Waals surface area contributed by atoms with E-state index in [0.29, 0.717) is 11.7 Å². The average Bonchev–Trinajstić information content (AvgIpc) is 2.66. The van der Waals surface area contributed by atoms with E-state index in [1.807, 2.05) is 19.9 Å². The summed E-state index contributed by atoms with van der Waals surface area (Å²) >= 11 is 0. The van der Waals surface area contributed by atoms with Gasteiger partial charge in [0.2, 0.25) is 11.7 Å². The van der Waals surface area contributed by atoms with Crippen molar-refractivity contribution in [3.63, 3.8) is 0 Å². The zero-order valence-electron chi connectivity index (χ0n) is 10.1. The van der Waals surface area contributed by atoms with Gasteiger partial charge >= 0.3 is 0 Å². The fraction of sp³-hybridized carbons (Fsp3) is 0.385. The van der Waals surface area contributed by atoms with E-state index in [2.05, 4.69) is 36.1 Å². The molecular formula is C13H16N2O. The predicted octanol–water partition coefficient (Wildman–Crippen LogP) is 3.48. The molecule has 1 aromatic carbocycles. The fourth-order valence-corrected chi connectivity index (χ4v) is 1.74. The number of rotatable bonds is 2. The van der Waals surface area contributed by atoms with Gasteiger partial charge in [-0.3, -0.25) is 0 Å². The minimum Gasteiger partial charge on any atom is -0.339 e. The maximum Gasteiger partial charge on any atom is 0.229 e. The number of hydrogen-bond acceptors (Lipinski definition) is 3.